The minimum Gasteiger partial charge on any atom is -0.495 e. The van der Waals surface area contributed by atoms with Gasteiger partial charge in [-0.3, -0.25) is 10.00 Å². The van der Waals surface area contributed by atoms with Gasteiger partial charge < -0.3 is 10.1 Å². The Hall–Kier alpha value is -2.58. The van der Waals surface area contributed by atoms with Crippen molar-refractivity contribution >= 4 is 45.1 Å². The molecule has 2 amide bonds. The molecule has 1 aromatic heterocycles. The lowest BCUT2D eigenvalue weighted by atomic mass is 10.2. The fourth-order valence-electron chi connectivity index (χ4n) is 2.38. The average Bonchev–Trinajstić information content (AvgIpc) is 2.96. The van der Waals surface area contributed by atoms with Crippen LogP contribution in [-0.4, -0.2) is 22.9 Å². The first-order valence-corrected chi connectivity index (χ1v) is 9.00. The van der Waals surface area contributed by atoms with Crippen molar-refractivity contribution in [3.8, 4) is 5.75 Å². The van der Waals surface area contributed by atoms with Crippen LogP contribution in [0.4, 0.5) is 20.7 Å². The maximum Gasteiger partial charge on any atom is 0.325 e. The summed E-state index contributed by atoms with van der Waals surface area (Å²) < 4.78 is 20.4. The number of carbonyl (C=O) groups excluding carboxylic acids is 1. The Morgan fingerprint density at radius 2 is 2.00 bits per heavy atom. The molecule has 0 aliphatic heterocycles. The van der Waals surface area contributed by atoms with Crippen molar-refractivity contribution in [2.45, 2.75) is 6.54 Å². The number of hydrogen-bond acceptors (Lipinski definition) is 3. The number of rotatable bonds is 5. The van der Waals surface area contributed by atoms with E-state index in [1.807, 2.05) is 0 Å². The molecule has 0 bridgehead atoms. The molecular formula is C18H15BrClFN4O2. The van der Waals surface area contributed by atoms with Crippen LogP contribution in [0.25, 0.3) is 0 Å². The molecule has 140 valence electrons. The van der Waals surface area contributed by atoms with Crippen LogP contribution in [0.1, 0.15) is 5.56 Å². The molecule has 2 aromatic carbocycles. The quantitative estimate of drug-likeness (QED) is 0.562. The zero-order chi connectivity index (χ0) is 19.4. The van der Waals surface area contributed by atoms with Crippen molar-refractivity contribution in [1.29, 1.82) is 0 Å². The van der Waals surface area contributed by atoms with E-state index in [1.165, 1.54) is 19.2 Å². The van der Waals surface area contributed by atoms with Crippen LogP contribution in [0.2, 0.25) is 5.02 Å². The highest BCUT2D eigenvalue weighted by Gasteiger charge is 2.13. The van der Waals surface area contributed by atoms with Crippen molar-refractivity contribution in [2.24, 2.45) is 0 Å². The molecule has 0 aliphatic rings. The van der Waals surface area contributed by atoms with Crippen molar-refractivity contribution in [3.05, 3.63) is 69.5 Å². The number of methoxy groups -OCH3 is 1. The Labute approximate surface area is 168 Å². The summed E-state index contributed by atoms with van der Waals surface area (Å²) in [6.07, 6.45) is 1.72. The number of nitrogens with one attached hydrogen (secondary N) is 2. The van der Waals surface area contributed by atoms with Gasteiger partial charge in [0.2, 0.25) is 0 Å². The predicted octanol–water partition coefficient (Wildman–Crippen LogP) is 5.14. The molecule has 0 fully saturated rings. The number of aromatic nitrogens is 2. The summed E-state index contributed by atoms with van der Waals surface area (Å²) in [5.41, 5.74) is 1.32. The van der Waals surface area contributed by atoms with Crippen LogP contribution < -0.4 is 15.4 Å². The number of amides is 2. The fraction of sp³-hybridized carbons (Fsp3) is 0.111. The van der Waals surface area contributed by atoms with Gasteiger partial charge in [-0.15, -0.1) is 0 Å². The van der Waals surface area contributed by atoms with Gasteiger partial charge in [0.15, 0.2) is 5.82 Å². The highest BCUT2D eigenvalue weighted by molar-refractivity contribution is 9.10. The molecule has 9 heteroatoms. The molecule has 0 saturated heterocycles. The van der Waals surface area contributed by atoms with Gasteiger partial charge in [0.1, 0.15) is 11.6 Å². The molecule has 2 N–H and O–H groups in total. The maximum absolute atomic E-state index is 13.0. The Morgan fingerprint density at radius 1 is 1.26 bits per heavy atom. The minimum atomic E-state index is -0.497. The number of benzene rings is 2. The first-order chi connectivity index (χ1) is 12.9. The molecule has 0 saturated carbocycles. The molecule has 6 nitrogen and oxygen atoms in total. The van der Waals surface area contributed by atoms with Crippen LogP contribution in [0.3, 0.4) is 0 Å². The summed E-state index contributed by atoms with van der Waals surface area (Å²) in [5.74, 6) is 0.530. The Morgan fingerprint density at radius 3 is 2.70 bits per heavy atom. The Balaban J connectivity index is 1.69. The third-order valence-corrected chi connectivity index (χ3v) is 4.43. The van der Waals surface area contributed by atoms with Crippen molar-refractivity contribution in [1.82, 2.24) is 9.78 Å². The maximum atomic E-state index is 13.0. The molecule has 3 aromatic rings. The first-order valence-electron chi connectivity index (χ1n) is 7.83. The van der Waals surface area contributed by atoms with E-state index in [0.717, 1.165) is 5.56 Å². The smallest absolute Gasteiger partial charge is 0.325 e. The minimum absolute atomic E-state index is 0.295. The van der Waals surface area contributed by atoms with Crippen LogP contribution in [0.5, 0.6) is 5.75 Å². The Kier molecular flexibility index (Phi) is 5.98. The monoisotopic (exact) mass is 452 g/mol. The number of nitrogens with zero attached hydrogens (tertiary/aromatic N) is 2. The molecular weight excluding hydrogens is 439 g/mol. The highest BCUT2D eigenvalue weighted by Crippen LogP contribution is 2.28. The van der Waals surface area contributed by atoms with E-state index < -0.39 is 6.03 Å². The van der Waals surface area contributed by atoms with Crippen LogP contribution in [0, 0.1) is 5.82 Å². The van der Waals surface area contributed by atoms with Crippen LogP contribution in [-0.2, 0) is 6.54 Å². The van der Waals surface area contributed by atoms with Gasteiger partial charge in [-0.05, 0) is 51.8 Å². The third kappa shape index (κ3) is 4.99. The first kappa shape index (κ1) is 19.2. The molecule has 0 atom stereocenters. The predicted molar refractivity (Wildman–Crippen MR) is 106 cm³/mol. The van der Waals surface area contributed by atoms with E-state index in [-0.39, 0.29) is 5.82 Å². The van der Waals surface area contributed by atoms with Crippen LogP contribution >= 0.6 is 27.5 Å². The van der Waals surface area contributed by atoms with E-state index in [2.05, 4.69) is 31.7 Å². The second kappa shape index (κ2) is 8.41. The highest BCUT2D eigenvalue weighted by atomic mass is 79.9. The van der Waals surface area contributed by atoms with E-state index in [9.17, 15) is 9.18 Å². The van der Waals surface area contributed by atoms with E-state index in [0.29, 0.717) is 33.3 Å². The van der Waals surface area contributed by atoms with E-state index in [4.69, 9.17) is 16.3 Å². The van der Waals surface area contributed by atoms with Gasteiger partial charge in [-0.1, -0.05) is 23.7 Å². The fourth-order valence-corrected chi connectivity index (χ4v) is 2.97. The molecule has 1 heterocycles. The van der Waals surface area contributed by atoms with Crippen molar-refractivity contribution in [3.63, 3.8) is 0 Å². The summed E-state index contributed by atoms with van der Waals surface area (Å²) in [4.78, 5) is 12.3. The summed E-state index contributed by atoms with van der Waals surface area (Å²) in [6.45, 7) is 0.435. The van der Waals surface area contributed by atoms with Gasteiger partial charge in [0.25, 0.3) is 0 Å². The lowest BCUT2D eigenvalue weighted by Gasteiger charge is -2.10. The van der Waals surface area contributed by atoms with Gasteiger partial charge in [0.05, 0.1) is 23.8 Å². The van der Waals surface area contributed by atoms with Gasteiger partial charge in [-0.25, -0.2) is 9.18 Å². The van der Waals surface area contributed by atoms with Gasteiger partial charge in [0, 0.05) is 11.2 Å². The summed E-state index contributed by atoms with van der Waals surface area (Å²) in [7, 11) is 1.50. The number of halogens is 3. The number of ether oxygens (including phenoxy) is 1. The standard InChI is InChI=1S/C18H15BrClFN4O2/c1-27-16-7-4-12(20)8-15(16)22-18(26)23-17-14(19)10-25(24-17)9-11-2-5-13(21)6-3-11/h2-8,10H,9H2,1H3,(H2,22,23,24,26). The number of anilines is 2. The molecule has 0 radical (unpaired) electrons. The number of carbonyl (C=O) groups is 1. The lowest BCUT2D eigenvalue weighted by molar-refractivity contribution is 0.262. The lowest BCUT2D eigenvalue weighted by Crippen LogP contribution is -2.20. The zero-order valence-electron chi connectivity index (χ0n) is 14.2. The second-order valence-electron chi connectivity index (χ2n) is 5.57. The van der Waals surface area contributed by atoms with E-state index in [1.54, 1.807) is 41.2 Å². The summed E-state index contributed by atoms with van der Waals surface area (Å²) in [6, 6.07) is 10.5. The summed E-state index contributed by atoms with van der Waals surface area (Å²) in [5, 5.41) is 10.1. The largest absolute Gasteiger partial charge is 0.495 e. The van der Waals surface area contributed by atoms with Gasteiger partial charge >= 0.3 is 6.03 Å². The number of hydrogen-bond donors (Lipinski definition) is 2. The van der Waals surface area contributed by atoms with Crippen molar-refractivity contribution < 1.29 is 13.9 Å². The third-order valence-electron chi connectivity index (χ3n) is 3.62. The van der Waals surface area contributed by atoms with Gasteiger partial charge in [-0.2, -0.15) is 5.10 Å². The SMILES string of the molecule is COc1ccc(Cl)cc1NC(=O)Nc1nn(Cc2ccc(F)cc2)cc1Br. The van der Waals surface area contributed by atoms with Crippen LogP contribution in [0.15, 0.2) is 53.1 Å². The molecule has 0 unspecified atom stereocenters. The van der Waals surface area contributed by atoms with E-state index >= 15 is 0 Å². The molecule has 3 rings (SSSR count). The second-order valence-corrected chi connectivity index (χ2v) is 6.86. The number of urea groups is 1. The molecule has 27 heavy (non-hydrogen) atoms. The molecule has 0 spiro atoms. The molecule has 0 aliphatic carbocycles. The Bertz CT molecular complexity index is 962. The summed E-state index contributed by atoms with van der Waals surface area (Å²) >= 11 is 9.32. The van der Waals surface area contributed by atoms with Crippen molar-refractivity contribution in [2.75, 3.05) is 17.7 Å². The zero-order valence-corrected chi connectivity index (χ0v) is 16.5. The normalized spacial score (nSPS) is 10.5. The topological polar surface area (TPSA) is 68.2 Å². The average molecular weight is 454 g/mol.